The van der Waals surface area contributed by atoms with E-state index in [-0.39, 0.29) is 42.4 Å². The maximum Gasteiger partial charge on any atom is 0.418 e. The summed E-state index contributed by atoms with van der Waals surface area (Å²) in [4.78, 5) is 23.4. The van der Waals surface area contributed by atoms with Crippen LogP contribution in [0, 0.1) is 28.4 Å². The summed E-state index contributed by atoms with van der Waals surface area (Å²) >= 11 is 0. The van der Waals surface area contributed by atoms with Crippen LogP contribution in [0.3, 0.4) is 0 Å². The second-order valence-corrected chi connectivity index (χ2v) is 11.7. The lowest BCUT2D eigenvalue weighted by Gasteiger charge is -2.37. The number of pyridine rings is 1. The lowest BCUT2D eigenvalue weighted by molar-refractivity contribution is 0.114. The van der Waals surface area contributed by atoms with Gasteiger partial charge in [0.05, 0.1) is 18.2 Å². The van der Waals surface area contributed by atoms with Crippen molar-refractivity contribution in [3.63, 3.8) is 0 Å². The molecule has 13 nitrogen and oxygen atoms in total. The number of guanidine groups is 1. The number of aromatic nitrogens is 3. The Labute approximate surface area is 305 Å². The number of nitrogens with zero attached hydrogens (tertiary/aromatic N) is 6. The number of carbonyl (C=O) groups is 1. The molecular formula is C38H38F2N8O5. The third-order valence-electron chi connectivity index (χ3n) is 8.01. The summed E-state index contributed by atoms with van der Waals surface area (Å²) in [6.45, 7) is 3.45. The zero-order valence-corrected chi connectivity index (χ0v) is 29.5. The number of hydrogen-bond acceptors (Lipinski definition) is 10. The van der Waals surface area contributed by atoms with Crippen molar-refractivity contribution in [3.8, 4) is 46.5 Å². The molecule has 0 fully saturated rings. The van der Waals surface area contributed by atoms with Crippen molar-refractivity contribution in [2.75, 3.05) is 18.6 Å². The van der Waals surface area contributed by atoms with Gasteiger partial charge < -0.3 is 34.1 Å². The van der Waals surface area contributed by atoms with Crippen LogP contribution in [0.1, 0.15) is 37.8 Å². The average Bonchev–Trinajstić information content (AvgIpc) is 3.59. The Kier molecular flexibility index (Phi) is 12.1. The van der Waals surface area contributed by atoms with Crippen LogP contribution in [0.4, 0.5) is 19.3 Å². The standard InChI is InChI=1S/C38H38F2N8O5/c1-5-11-30(48(37(42)43)38(49)50-6-2)47(4)33-31(39)35(52-27-15-10-14-26(21-27)34-44-18-19-46(34)3)45-36(32(33)40)53-29-20-25(22-41)16-17-28(29)51-23-24-12-8-7-9-13-24/h7-10,12-21,30H,5-6,11,23H2,1-4H3,(H3,42,43). The Morgan fingerprint density at radius 1 is 1.02 bits per heavy atom. The predicted octanol–water partition coefficient (Wildman–Crippen LogP) is 7.71. The van der Waals surface area contributed by atoms with Gasteiger partial charge in [-0.3, -0.25) is 5.41 Å². The fraction of sp³-hybridized carbons (Fsp3) is 0.237. The molecule has 15 heteroatoms. The first kappa shape index (κ1) is 37.6. The lowest BCUT2D eigenvalue weighted by atomic mass is 10.2. The van der Waals surface area contributed by atoms with Crippen LogP contribution in [0.15, 0.2) is 85.2 Å². The number of carbonyl (C=O) groups excluding carboxylic acids is 1. The SMILES string of the molecule is CCCC(N(C(=N)N)C(=O)OCC)N(C)c1c(F)c(Oc2cccc(-c3nccn3C)c2)nc(Oc2cc(C#N)ccc2OCc2ccccc2)c1F. The van der Waals surface area contributed by atoms with Crippen molar-refractivity contribution in [1.29, 1.82) is 10.7 Å². The molecule has 0 saturated carbocycles. The summed E-state index contributed by atoms with van der Waals surface area (Å²) in [6, 6.07) is 22.2. The predicted molar refractivity (Wildman–Crippen MR) is 193 cm³/mol. The summed E-state index contributed by atoms with van der Waals surface area (Å²) in [7, 11) is 3.15. The van der Waals surface area contributed by atoms with E-state index in [4.69, 9.17) is 30.1 Å². The fourth-order valence-corrected chi connectivity index (χ4v) is 5.48. The van der Waals surface area contributed by atoms with E-state index < -0.39 is 47.3 Å². The second kappa shape index (κ2) is 17.0. The molecule has 53 heavy (non-hydrogen) atoms. The van der Waals surface area contributed by atoms with Crippen LogP contribution in [-0.2, 0) is 18.4 Å². The maximum absolute atomic E-state index is 16.8. The molecule has 5 aromatic rings. The number of amides is 1. The highest BCUT2D eigenvalue weighted by atomic mass is 19.1. The van der Waals surface area contributed by atoms with Crippen molar-refractivity contribution in [2.45, 2.75) is 39.5 Å². The van der Waals surface area contributed by atoms with Gasteiger partial charge in [0, 0.05) is 38.1 Å². The average molecular weight is 725 g/mol. The van der Waals surface area contributed by atoms with Gasteiger partial charge >= 0.3 is 6.09 Å². The van der Waals surface area contributed by atoms with Gasteiger partial charge in [-0.25, -0.2) is 14.7 Å². The second-order valence-electron chi connectivity index (χ2n) is 11.7. The van der Waals surface area contributed by atoms with Gasteiger partial charge in [-0.15, -0.1) is 0 Å². The molecule has 5 rings (SSSR count). The Bertz CT molecular complexity index is 2120. The number of hydrogen-bond donors (Lipinski definition) is 2. The molecule has 274 valence electrons. The highest BCUT2D eigenvalue weighted by Crippen LogP contribution is 2.41. The molecule has 0 spiro atoms. The van der Waals surface area contributed by atoms with Gasteiger partial charge in [-0.2, -0.15) is 19.0 Å². The van der Waals surface area contributed by atoms with Crippen LogP contribution in [-0.4, -0.2) is 51.3 Å². The van der Waals surface area contributed by atoms with Crippen molar-refractivity contribution < 1.29 is 32.5 Å². The van der Waals surface area contributed by atoms with Gasteiger partial charge in [-0.1, -0.05) is 55.8 Å². The zero-order valence-electron chi connectivity index (χ0n) is 29.5. The van der Waals surface area contributed by atoms with E-state index in [1.54, 1.807) is 55.1 Å². The number of ether oxygens (including phenoxy) is 4. The van der Waals surface area contributed by atoms with Gasteiger partial charge in [0.15, 0.2) is 17.5 Å². The van der Waals surface area contributed by atoms with Crippen LogP contribution in [0.25, 0.3) is 11.4 Å². The minimum Gasteiger partial charge on any atom is -0.485 e. The summed E-state index contributed by atoms with van der Waals surface area (Å²) in [5.74, 6) is -3.81. The van der Waals surface area contributed by atoms with Crippen LogP contribution < -0.4 is 24.8 Å². The van der Waals surface area contributed by atoms with Crippen LogP contribution in [0.2, 0.25) is 0 Å². The molecule has 2 aromatic heterocycles. The summed E-state index contributed by atoms with van der Waals surface area (Å²) < 4.78 is 58.4. The summed E-state index contributed by atoms with van der Waals surface area (Å²) in [5.41, 5.74) is 6.77. The topological polar surface area (TPSA) is 165 Å². The first-order valence-electron chi connectivity index (χ1n) is 16.6. The molecule has 0 aliphatic carbocycles. The number of rotatable bonds is 14. The smallest absolute Gasteiger partial charge is 0.418 e. The van der Waals surface area contributed by atoms with Crippen molar-refractivity contribution in [2.24, 2.45) is 12.8 Å². The molecule has 0 aliphatic heterocycles. The number of anilines is 1. The molecule has 1 amide bonds. The van der Waals surface area contributed by atoms with Crippen LogP contribution >= 0.6 is 0 Å². The number of benzene rings is 3. The van der Waals surface area contributed by atoms with E-state index in [2.05, 4.69) is 9.97 Å². The lowest BCUT2D eigenvalue weighted by Crippen LogP contribution is -2.55. The minimum atomic E-state index is -1.27. The van der Waals surface area contributed by atoms with Gasteiger partial charge in [0.25, 0.3) is 11.8 Å². The number of nitriles is 1. The quantitative estimate of drug-likeness (QED) is 0.0658. The monoisotopic (exact) mass is 724 g/mol. The largest absolute Gasteiger partial charge is 0.485 e. The number of aryl methyl sites for hydroxylation is 1. The number of imidazole rings is 1. The molecule has 3 N–H and O–H groups in total. The zero-order chi connectivity index (χ0) is 38.1. The van der Waals surface area contributed by atoms with E-state index in [9.17, 15) is 10.1 Å². The molecule has 0 radical (unpaired) electrons. The molecule has 0 bridgehead atoms. The van der Waals surface area contributed by atoms with Gasteiger partial charge in [0.1, 0.15) is 30.0 Å². The maximum atomic E-state index is 16.8. The molecule has 1 atom stereocenters. The molecule has 0 saturated heterocycles. The first-order valence-corrected chi connectivity index (χ1v) is 16.6. The van der Waals surface area contributed by atoms with E-state index in [0.717, 1.165) is 15.4 Å². The Morgan fingerprint density at radius 2 is 1.75 bits per heavy atom. The molecule has 0 aliphatic rings. The van der Waals surface area contributed by atoms with E-state index in [0.29, 0.717) is 17.8 Å². The molecule has 2 heterocycles. The number of halogens is 2. The van der Waals surface area contributed by atoms with Crippen molar-refractivity contribution in [1.82, 2.24) is 19.4 Å². The van der Waals surface area contributed by atoms with Crippen LogP contribution in [0.5, 0.6) is 29.0 Å². The molecular weight excluding hydrogens is 686 g/mol. The van der Waals surface area contributed by atoms with Gasteiger partial charge in [-0.05, 0) is 43.2 Å². The number of nitrogens with two attached hydrogens (primary N) is 1. The van der Waals surface area contributed by atoms with E-state index in [1.165, 1.54) is 25.2 Å². The molecule has 1 unspecified atom stereocenters. The Hall–Kier alpha value is -6.69. The Balaban J connectivity index is 1.64. The third-order valence-corrected chi connectivity index (χ3v) is 8.01. The fourth-order valence-electron chi connectivity index (χ4n) is 5.48. The third kappa shape index (κ3) is 8.62. The normalized spacial score (nSPS) is 11.3. The highest BCUT2D eigenvalue weighted by Gasteiger charge is 2.36. The first-order chi connectivity index (χ1) is 25.6. The van der Waals surface area contributed by atoms with E-state index in [1.807, 2.05) is 43.4 Å². The minimum absolute atomic E-state index is 0.0348. The summed E-state index contributed by atoms with van der Waals surface area (Å²) in [6.07, 6.45) is 1.76. The van der Waals surface area contributed by atoms with E-state index >= 15 is 8.78 Å². The van der Waals surface area contributed by atoms with Crippen molar-refractivity contribution >= 4 is 17.7 Å². The molecule has 3 aromatic carbocycles. The summed E-state index contributed by atoms with van der Waals surface area (Å²) in [5, 5.41) is 17.8. The number of nitrogens with one attached hydrogen (secondary N) is 1. The highest BCUT2D eigenvalue weighted by molar-refractivity contribution is 5.92. The Morgan fingerprint density at radius 3 is 2.40 bits per heavy atom. The van der Waals surface area contributed by atoms with Crippen molar-refractivity contribution in [3.05, 3.63) is 108 Å². The van der Waals surface area contributed by atoms with Gasteiger partial charge in [0.2, 0.25) is 11.6 Å².